The highest BCUT2D eigenvalue weighted by Gasteiger charge is 2.23. The van der Waals surface area contributed by atoms with Crippen LogP contribution in [0.1, 0.15) is 58.3 Å². The first-order valence-electron chi connectivity index (χ1n) is 10.5. The number of imidazole rings is 1. The van der Waals surface area contributed by atoms with Crippen LogP contribution < -0.4 is 5.32 Å². The summed E-state index contributed by atoms with van der Waals surface area (Å²) in [6, 6.07) is 6.41. The molecule has 1 N–H and O–H groups in total. The Hall–Kier alpha value is -2.89. The molecule has 4 rings (SSSR count). The van der Waals surface area contributed by atoms with Crippen molar-refractivity contribution in [3.63, 3.8) is 0 Å². The van der Waals surface area contributed by atoms with Crippen LogP contribution >= 0.6 is 0 Å². The summed E-state index contributed by atoms with van der Waals surface area (Å²) in [5, 5.41) is 3.48. The fourth-order valence-electron chi connectivity index (χ4n) is 4.10. The van der Waals surface area contributed by atoms with E-state index >= 15 is 0 Å². The number of nitrogens with one attached hydrogen (secondary N) is 1. The fraction of sp³-hybridized carbons (Fsp3) is 0.435. The number of aromatic nitrogens is 3. The second-order valence-electron chi connectivity index (χ2n) is 7.87. The molecule has 0 unspecified atom stereocenters. The van der Waals surface area contributed by atoms with E-state index in [1.807, 2.05) is 29.3 Å². The van der Waals surface area contributed by atoms with Gasteiger partial charge in [-0.25, -0.2) is 9.97 Å². The number of rotatable bonds is 5. The minimum Gasteiger partial charge on any atom is -0.363 e. The van der Waals surface area contributed by atoms with Crippen molar-refractivity contribution in [3.05, 3.63) is 58.2 Å². The minimum atomic E-state index is 0.00309. The monoisotopic (exact) mass is 391 g/mol. The van der Waals surface area contributed by atoms with Crippen LogP contribution in [-0.4, -0.2) is 38.3 Å². The van der Waals surface area contributed by atoms with Gasteiger partial charge in [0.2, 0.25) is 0 Å². The first-order valence-corrected chi connectivity index (χ1v) is 10.5. The van der Waals surface area contributed by atoms with Gasteiger partial charge >= 0.3 is 0 Å². The summed E-state index contributed by atoms with van der Waals surface area (Å²) in [6.07, 6.45) is 4.95. The Bertz CT molecular complexity index is 1060. The van der Waals surface area contributed by atoms with E-state index in [2.05, 4.69) is 37.4 Å². The molecular weight excluding hydrogens is 362 g/mol. The molecule has 1 amide bonds. The Kier molecular flexibility index (Phi) is 5.26. The molecule has 1 aliphatic rings. The molecule has 1 aromatic carbocycles. The smallest absolute Gasteiger partial charge is 0.274 e. The van der Waals surface area contributed by atoms with Crippen LogP contribution in [0.15, 0.2) is 24.4 Å². The van der Waals surface area contributed by atoms with Crippen molar-refractivity contribution in [2.24, 2.45) is 0 Å². The predicted molar refractivity (Wildman–Crippen MR) is 115 cm³/mol. The average Bonchev–Trinajstić information content (AvgIpc) is 3.35. The summed E-state index contributed by atoms with van der Waals surface area (Å²) in [7, 11) is 0. The maximum atomic E-state index is 13.0. The lowest BCUT2D eigenvalue weighted by Gasteiger charge is -2.17. The molecule has 0 spiro atoms. The number of carbonyl (C=O) groups excluding carboxylic acids is 1. The normalized spacial score (nSPS) is 14.0. The lowest BCUT2D eigenvalue weighted by Crippen LogP contribution is -2.29. The maximum absolute atomic E-state index is 13.0. The van der Waals surface area contributed by atoms with Gasteiger partial charge in [0.25, 0.3) is 5.91 Å². The Balaban J connectivity index is 1.73. The number of likely N-dealkylation sites (tertiary alicyclic amines) is 1. The van der Waals surface area contributed by atoms with Crippen molar-refractivity contribution >= 4 is 17.4 Å². The second kappa shape index (κ2) is 7.85. The van der Waals surface area contributed by atoms with Crippen LogP contribution in [0.25, 0.3) is 5.65 Å². The van der Waals surface area contributed by atoms with Crippen molar-refractivity contribution in [3.8, 4) is 0 Å². The molecule has 1 fully saturated rings. The maximum Gasteiger partial charge on any atom is 0.274 e. The van der Waals surface area contributed by atoms with E-state index in [0.29, 0.717) is 18.1 Å². The first-order chi connectivity index (χ1) is 14.0. The molecule has 0 atom stereocenters. The van der Waals surface area contributed by atoms with Crippen molar-refractivity contribution in [2.45, 2.75) is 53.5 Å². The van der Waals surface area contributed by atoms with Crippen LogP contribution in [0, 0.1) is 20.8 Å². The van der Waals surface area contributed by atoms with E-state index in [0.717, 1.165) is 49.4 Å². The fourth-order valence-corrected chi connectivity index (χ4v) is 4.10. The molecule has 6 heteroatoms. The number of anilines is 1. The molecule has 3 heterocycles. The van der Waals surface area contributed by atoms with Gasteiger partial charge in [0.05, 0.1) is 5.69 Å². The zero-order valence-corrected chi connectivity index (χ0v) is 17.7. The van der Waals surface area contributed by atoms with E-state index in [1.54, 1.807) is 0 Å². The number of fused-ring (bicyclic) bond motifs is 1. The third kappa shape index (κ3) is 3.59. The standard InChI is InChI=1S/C23H29N5O/c1-5-18-10-8-9-15(2)19(18)13-24-21-22-25-16(3)17(4)28(22)14-20(26-21)23(29)27-11-6-7-12-27/h8-10,14H,5-7,11-13H2,1-4H3,(H,24,26). The van der Waals surface area contributed by atoms with Gasteiger partial charge in [-0.05, 0) is 56.7 Å². The summed E-state index contributed by atoms with van der Waals surface area (Å²) >= 11 is 0. The second-order valence-corrected chi connectivity index (χ2v) is 7.87. The van der Waals surface area contributed by atoms with Gasteiger partial charge in [0.1, 0.15) is 5.69 Å². The summed E-state index contributed by atoms with van der Waals surface area (Å²) in [5.74, 6) is 0.667. The van der Waals surface area contributed by atoms with Gasteiger partial charge in [-0.3, -0.25) is 9.20 Å². The SMILES string of the molecule is CCc1cccc(C)c1CNc1nc(C(=O)N2CCCC2)cn2c(C)c(C)nc12. The summed E-state index contributed by atoms with van der Waals surface area (Å²) < 4.78 is 1.99. The van der Waals surface area contributed by atoms with E-state index in [1.165, 1.54) is 16.7 Å². The van der Waals surface area contributed by atoms with Crippen LogP contribution in [-0.2, 0) is 13.0 Å². The number of amides is 1. The topological polar surface area (TPSA) is 62.5 Å². The van der Waals surface area contributed by atoms with E-state index in [4.69, 9.17) is 9.97 Å². The first kappa shape index (κ1) is 19.4. The molecule has 0 saturated carbocycles. The van der Waals surface area contributed by atoms with Crippen LogP contribution in [0.2, 0.25) is 0 Å². The number of aryl methyl sites for hydroxylation is 4. The summed E-state index contributed by atoms with van der Waals surface area (Å²) in [6.45, 7) is 10.6. The Morgan fingerprint density at radius 1 is 1.14 bits per heavy atom. The molecule has 152 valence electrons. The molecule has 0 bridgehead atoms. The zero-order valence-electron chi connectivity index (χ0n) is 17.7. The zero-order chi connectivity index (χ0) is 20.5. The lowest BCUT2D eigenvalue weighted by atomic mass is 10.00. The highest BCUT2D eigenvalue weighted by Crippen LogP contribution is 2.23. The molecule has 1 aliphatic heterocycles. The summed E-state index contributed by atoms with van der Waals surface area (Å²) in [5.41, 5.74) is 7.09. The number of nitrogens with zero attached hydrogens (tertiary/aromatic N) is 4. The van der Waals surface area contributed by atoms with E-state index < -0.39 is 0 Å². The molecule has 2 aromatic heterocycles. The number of carbonyl (C=O) groups is 1. The highest BCUT2D eigenvalue weighted by atomic mass is 16.2. The van der Waals surface area contributed by atoms with E-state index in [-0.39, 0.29) is 5.91 Å². The Morgan fingerprint density at radius 2 is 1.90 bits per heavy atom. The third-order valence-corrected chi connectivity index (χ3v) is 6.02. The molecule has 29 heavy (non-hydrogen) atoms. The Morgan fingerprint density at radius 3 is 2.62 bits per heavy atom. The van der Waals surface area contributed by atoms with Crippen LogP contribution in [0.4, 0.5) is 5.82 Å². The highest BCUT2D eigenvalue weighted by molar-refractivity contribution is 5.93. The third-order valence-electron chi connectivity index (χ3n) is 6.02. The predicted octanol–water partition coefficient (Wildman–Crippen LogP) is 4.07. The van der Waals surface area contributed by atoms with Gasteiger partial charge in [-0.1, -0.05) is 25.1 Å². The molecule has 6 nitrogen and oxygen atoms in total. The molecule has 0 aliphatic carbocycles. The quantitative estimate of drug-likeness (QED) is 0.712. The van der Waals surface area contributed by atoms with Gasteiger partial charge in [-0.15, -0.1) is 0 Å². The van der Waals surface area contributed by atoms with Crippen molar-refractivity contribution in [2.75, 3.05) is 18.4 Å². The van der Waals surface area contributed by atoms with Crippen molar-refractivity contribution in [1.82, 2.24) is 19.3 Å². The van der Waals surface area contributed by atoms with Crippen molar-refractivity contribution < 1.29 is 4.79 Å². The lowest BCUT2D eigenvalue weighted by molar-refractivity contribution is 0.0786. The van der Waals surface area contributed by atoms with Gasteiger partial charge < -0.3 is 10.2 Å². The average molecular weight is 392 g/mol. The molecule has 1 saturated heterocycles. The Labute approximate surface area is 172 Å². The molecule has 3 aromatic rings. The summed E-state index contributed by atoms with van der Waals surface area (Å²) in [4.78, 5) is 24.3. The number of hydrogen-bond donors (Lipinski definition) is 1. The van der Waals surface area contributed by atoms with Crippen LogP contribution in [0.3, 0.4) is 0 Å². The van der Waals surface area contributed by atoms with E-state index in [9.17, 15) is 4.79 Å². The van der Waals surface area contributed by atoms with Gasteiger partial charge in [-0.2, -0.15) is 0 Å². The minimum absolute atomic E-state index is 0.00309. The number of hydrogen-bond acceptors (Lipinski definition) is 4. The van der Waals surface area contributed by atoms with Gasteiger partial charge in [0, 0.05) is 31.5 Å². The molecule has 0 radical (unpaired) electrons. The number of benzene rings is 1. The van der Waals surface area contributed by atoms with Gasteiger partial charge in [0.15, 0.2) is 11.5 Å². The molecular formula is C23H29N5O. The largest absolute Gasteiger partial charge is 0.363 e. The van der Waals surface area contributed by atoms with Crippen molar-refractivity contribution in [1.29, 1.82) is 0 Å². The van der Waals surface area contributed by atoms with Crippen LogP contribution in [0.5, 0.6) is 0 Å².